The van der Waals surface area contributed by atoms with E-state index in [9.17, 15) is 27.2 Å². The van der Waals surface area contributed by atoms with Gasteiger partial charge in [0.1, 0.15) is 5.75 Å². The Bertz CT molecular complexity index is 769. The number of nitrogens with zero attached hydrogens (tertiary/aromatic N) is 2. The van der Waals surface area contributed by atoms with Gasteiger partial charge >= 0.3 is 24.5 Å². The molecule has 0 saturated carbocycles. The molecule has 28 heavy (non-hydrogen) atoms. The maximum Gasteiger partial charge on any atom is 0.540 e. The van der Waals surface area contributed by atoms with Crippen LogP contribution in [0, 0.1) is 0 Å². The first-order valence-electron chi connectivity index (χ1n) is 8.38. The number of urea groups is 1. The summed E-state index contributed by atoms with van der Waals surface area (Å²) in [6.45, 7) is 2.85. The molecule has 1 N–H and O–H groups in total. The van der Waals surface area contributed by atoms with Crippen LogP contribution in [0.4, 0.5) is 32.8 Å². The van der Waals surface area contributed by atoms with Crippen molar-refractivity contribution in [2.75, 3.05) is 38.1 Å². The van der Waals surface area contributed by atoms with Crippen molar-refractivity contribution in [3.05, 3.63) is 23.8 Å². The minimum Gasteiger partial charge on any atom is -0.450 e. The average molecular weight is 407 g/mol. The summed E-state index contributed by atoms with van der Waals surface area (Å²) in [6, 6.07) is 2.27. The summed E-state index contributed by atoms with van der Waals surface area (Å²) >= 11 is 0. The Hall–Kier alpha value is -2.76. The molecule has 154 valence electrons. The summed E-state index contributed by atoms with van der Waals surface area (Å²) in [5.74, 6) is -0.748. The van der Waals surface area contributed by atoms with Gasteiger partial charge < -0.3 is 24.6 Å². The molecule has 1 aromatic rings. The lowest BCUT2D eigenvalue weighted by molar-refractivity contribution is -0.461. The van der Waals surface area contributed by atoms with E-state index in [0.717, 1.165) is 18.2 Å². The van der Waals surface area contributed by atoms with Crippen LogP contribution < -0.4 is 10.1 Å². The fraction of sp³-hybridized carbons (Fsp3) is 0.500. The van der Waals surface area contributed by atoms with Crippen LogP contribution >= 0.6 is 0 Å². The van der Waals surface area contributed by atoms with Crippen LogP contribution in [0.2, 0.25) is 0 Å². The standard InChI is InChI=1S/C16H17F4N3O5/c1-2-26-14(25)23-7-5-22(6-8-23)13(24)21-10-3-4-12-11(9-10)15(17,18)28-16(19,20)27-12/h3-4,9H,2,5-8H2,1H3,(H,21,24). The fourth-order valence-corrected chi connectivity index (χ4v) is 2.79. The molecule has 3 rings (SSSR count). The Balaban J connectivity index is 1.64. The average Bonchev–Trinajstić information content (AvgIpc) is 2.61. The van der Waals surface area contributed by atoms with Gasteiger partial charge in [-0.2, -0.15) is 8.78 Å². The second-order valence-electron chi connectivity index (χ2n) is 6.00. The number of carbonyl (C=O) groups is 2. The molecule has 1 fully saturated rings. The highest BCUT2D eigenvalue weighted by Gasteiger charge is 2.54. The van der Waals surface area contributed by atoms with E-state index in [4.69, 9.17) is 4.74 Å². The third-order valence-electron chi connectivity index (χ3n) is 4.11. The van der Waals surface area contributed by atoms with Crippen LogP contribution in [-0.2, 0) is 15.6 Å². The molecule has 0 spiro atoms. The summed E-state index contributed by atoms with van der Waals surface area (Å²) in [6.07, 6.45) is -9.22. The van der Waals surface area contributed by atoms with Crippen molar-refractivity contribution in [1.29, 1.82) is 0 Å². The molecular formula is C16H17F4N3O5. The van der Waals surface area contributed by atoms with Crippen LogP contribution in [0.1, 0.15) is 12.5 Å². The Morgan fingerprint density at radius 2 is 1.79 bits per heavy atom. The number of anilines is 1. The number of hydrogen-bond donors (Lipinski definition) is 1. The van der Waals surface area contributed by atoms with E-state index in [0.29, 0.717) is 0 Å². The number of nitrogens with one attached hydrogen (secondary N) is 1. The van der Waals surface area contributed by atoms with Crippen LogP contribution in [-0.4, -0.2) is 61.0 Å². The van der Waals surface area contributed by atoms with Gasteiger partial charge in [0.15, 0.2) is 0 Å². The number of fused-ring (bicyclic) bond motifs is 1. The molecule has 0 aliphatic carbocycles. The second-order valence-corrected chi connectivity index (χ2v) is 6.00. The predicted molar refractivity (Wildman–Crippen MR) is 86.2 cm³/mol. The first-order chi connectivity index (χ1) is 13.1. The zero-order valence-electron chi connectivity index (χ0n) is 14.7. The van der Waals surface area contributed by atoms with E-state index >= 15 is 0 Å². The molecular weight excluding hydrogens is 390 g/mol. The largest absolute Gasteiger partial charge is 0.540 e. The lowest BCUT2D eigenvalue weighted by atomic mass is 10.1. The minimum absolute atomic E-state index is 0.0475. The number of rotatable bonds is 2. The van der Waals surface area contributed by atoms with E-state index in [2.05, 4.69) is 14.8 Å². The van der Waals surface area contributed by atoms with Gasteiger partial charge in [0.2, 0.25) is 0 Å². The molecule has 2 aliphatic rings. The zero-order chi connectivity index (χ0) is 20.5. The Morgan fingerprint density at radius 1 is 1.14 bits per heavy atom. The molecule has 0 radical (unpaired) electrons. The summed E-state index contributed by atoms with van der Waals surface area (Å²) in [4.78, 5) is 26.8. The van der Waals surface area contributed by atoms with Crippen molar-refractivity contribution < 1.29 is 41.4 Å². The second kappa shape index (κ2) is 7.34. The van der Waals surface area contributed by atoms with E-state index in [1.807, 2.05) is 0 Å². The van der Waals surface area contributed by atoms with Crippen LogP contribution in [0.3, 0.4) is 0 Å². The van der Waals surface area contributed by atoms with Crippen molar-refractivity contribution in [2.24, 2.45) is 0 Å². The summed E-state index contributed by atoms with van der Waals surface area (Å²) in [5, 5.41) is 2.41. The molecule has 1 saturated heterocycles. The van der Waals surface area contributed by atoms with E-state index in [1.54, 1.807) is 6.92 Å². The smallest absolute Gasteiger partial charge is 0.450 e. The van der Waals surface area contributed by atoms with E-state index in [1.165, 1.54) is 9.80 Å². The maximum atomic E-state index is 13.8. The molecule has 0 bridgehead atoms. The van der Waals surface area contributed by atoms with Gasteiger partial charge in [-0.1, -0.05) is 0 Å². The predicted octanol–water partition coefficient (Wildman–Crippen LogP) is 3.00. The molecule has 2 aliphatic heterocycles. The van der Waals surface area contributed by atoms with Crippen LogP contribution in [0.15, 0.2) is 18.2 Å². The van der Waals surface area contributed by atoms with Crippen molar-refractivity contribution >= 4 is 17.8 Å². The number of piperazine rings is 1. The van der Waals surface area contributed by atoms with Gasteiger partial charge in [-0.3, -0.25) is 0 Å². The topological polar surface area (TPSA) is 80.3 Å². The SMILES string of the molecule is CCOC(=O)N1CCN(C(=O)Nc2ccc3c(c2)C(F)(F)OC(F)(F)O3)CC1. The third kappa shape index (κ3) is 4.21. The van der Waals surface area contributed by atoms with Crippen molar-refractivity contribution in [1.82, 2.24) is 9.80 Å². The normalized spacial score (nSPS) is 20.0. The lowest BCUT2D eigenvalue weighted by Gasteiger charge is -2.34. The minimum atomic E-state index is -4.46. The number of benzene rings is 1. The molecule has 12 heteroatoms. The highest BCUT2D eigenvalue weighted by atomic mass is 19.3. The fourth-order valence-electron chi connectivity index (χ4n) is 2.79. The van der Waals surface area contributed by atoms with Gasteiger partial charge in [0.05, 0.1) is 12.2 Å². The summed E-state index contributed by atoms with van der Waals surface area (Å²) < 4.78 is 66.0. The highest BCUT2D eigenvalue weighted by molar-refractivity contribution is 5.89. The molecule has 8 nitrogen and oxygen atoms in total. The lowest BCUT2D eigenvalue weighted by Crippen LogP contribution is -2.51. The highest BCUT2D eigenvalue weighted by Crippen LogP contribution is 2.46. The molecule has 0 atom stereocenters. The first kappa shape index (κ1) is 20.0. The Labute approximate surface area is 156 Å². The number of amides is 3. The van der Waals surface area contributed by atoms with Gasteiger partial charge in [-0.25, -0.2) is 14.3 Å². The van der Waals surface area contributed by atoms with E-state index < -0.39 is 35.8 Å². The number of alkyl halides is 4. The van der Waals surface area contributed by atoms with Crippen molar-refractivity contribution in [3.63, 3.8) is 0 Å². The van der Waals surface area contributed by atoms with Crippen molar-refractivity contribution in [2.45, 2.75) is 19.3 Å². The number of carbonyl (C=O) groups excluding carboxylic acids is 2. The quantitative estimate of drug-likeness (QED) is 0.763. The Morgan fingerprint density at radius 3 is 2.43 bits per heavy atom. The number of ether oxygens (including phenoxy) is 3. The molecule has 0 unspecified atom stereocenters. The summed E-state index contributed by atoms with van der Waals surface area (Å²) in [7, 11) is 0. The van der Waals surface area contributed by atoms with E-state index in [-0.39, 0.29) is 38.5 Å². The van der Waals surface area contributed by atoms with Gasteiger partial charge in [-0.15, -0.1) is 8.78 Å². The van der Waals surface area contributed by atoms with Crippen molar-refractivity contribution in [3.8, 4) is 5.75 Å². The van der Waals surface area contributed by atoms with Gasteiger partial charge in [0.25, 0.3) is 0 Å². The van der Waals surface area contributed by atoms with Gasteiger partial charge in [0, 0.05) is 31.9 Å². The summed E-state index contributed by atoms with van der Waals surface area (Å²) in [5.41, 5.74) is -0.975. The number of halogens is 4. The molecule has 0 aromatic heterocycles. The Kier molecular flexibility index (Phi) is 5.24. The molecule has 2 heterocycles. The molecule has 3 amide bonds. The van der Waals surface area contributed by atoms with Crippen LogP contribution in [0.5, 0.6) is 5.75 Å². The monoisotopic (exact) mass is 407 g/mol. The maximum absolute atomic E-state index is 13.8. The zero-order valence-corrected chi connectivity index (χ0v) is 14.7. The number of hydrogen-bond acceptors (Lipinski definition) is 5. The van der Waals surface area contributed by atoms with Crippen LogP contribution in [0.25, 0.3) is 0 Å². The van der Waals surface area contributed by atoms with Gasteiger partial charge in [-0.05, 0) is 25.1 Å². The third-order valence-corrected chi connectivity index (χ3v) is 4.11. The molecule has 1 aromatic carbocycles. The first-order valence-corrected chi connectivity index (χ1v) is 8.38.